The van der Waals surface area contributed by atoms with Gasteiger partial charge in [-0.15, -0.1) is 0 Å². The van der Waals surface area contributed by atoms with E-state index < -0.39 is 5.60 Å². The summed E-state index contributed by atoms with van der Waals surface area (Å²) in [5.41, 5.74) is 0.241. The van der Waals surface area contributed by atoms with Crippen LogP contribution >= 0.6 is 15.9 Å². The van der Waals surface area contributed by atoms with E-state index in [9.17, 15) is 9.59 Å². The first-order chi connectivity index (χ1) is 10.7. The predicted molar refractivity (Wildman–Crippen MR) is 90.0 cm³/mol. The maximum Gasteiger partial charge on any atom is 0.410 e. The van der Waals surface area contributed by atoms with Gasteiger partial charge in [0.15, 0.2) is 0 Å². The van der Waals surface area contributed by atoms with Crippen LogP contribution in [0.5, 0.6) is 0 Å². The molecule has 0 unspecified atom stereocenters. The summed E-state index contributed by atoms with van der Waals surface area (Å²) in [4.78, 5) is 31.9. The van der Waals surface area contributed by atoms with Crippen molar-refractivity contribution < 1.29 is 14.3 Å². The van der Waals surface area contributed by atoms with Crippen molar-refractivity contribution in [3.8, 4) is 0 Å². The van der Waals surface area contributed by atoms with Crippen molar-refractivity contribution in [1.29, 1.82) is 0 Å². The molecule has 1 fully saturated rings. The third-order valence-corrected chi connectivity index (χ3v) is 3.87. The SMILES string of the molecule is CC(C)(C)OC(=O)N1CCN(C(=O)Cc2ccc(Br)cn2)CC1. The number of carbonyl (C=O) groups is 2. The summed E-state index contributed by atoms with van der Waals surface area (Å²) in [6.45, 7) is 7.56. The number of halogens is 1. The second-order valence-corrected chi connectivity index (χ2v) is 7.41. The Balaban J connectivity index is 1.83. The first-order valence-electron chi connectivity index (χ1n) is 7.61. The number of nitrogens with zero attached hydrogens (tertiary/aromatic N) is 3. The number of hydrogen-bond acceptors (Lipinski definition) is 4. The largest absolute Gasteiger partial charge is 0.444 e. The molecule has 2 heterocycles. The third-order valence-electron chi connectivity index (χ3n) is 3.41. The average molecular weight is 384 g/mol. The van der Waals surface area contributed by atoms with Crippen molar-refractivity contribution in [2.24, 2.45) is 0 Å². The van der Waals surface area contributed by atoms with Crippen molar-refractivity contribution >= 4 is 27.9 Å². The van der Waals surface area contributed by atoms with E-state index in [0.29, 0.717) is 26.2 Å². The van der Waals surface area contributed by atoms with Crippen molar-refractivity contribution in [2.45, 2.75) is 32.8 Å². The van der Waals surface area contributed by atoms with Crippen LogP contribution in [0.15, 0.2) is 22.8 Å². The number of rotatable bonds is 2. The van der Waals surface area contributed by atoms with E-state index in [2.05, 4.69) is 20.9 Å². The Morgan fingerprint density at radius 3 is 2.30 bits per heavy atom. The molecule has 1 saturated heterocycles. The quantitative estimate of drug-likeness (QED) is 0.786. The van der Waals surface area contributed by atoms with Gasteiger partial charge in [0.05, 0.1) is 6.42 Å². The van der Waals surface area contributed by atoms with E-state index in [-0.39, 0.29) is 18.4 Å². The molecule has 0 spiro atoms. The van der Waals surface area contributed by atoms with E-state index in [1.165, 1.54) is 0 Å². The zero-order valence-electron chi connectivity index (χ0n) is 13.7. The van der Waals surface area contributed by atoms with Gasteiger partial charge in [-0.05, 0) is 48.8 Å². The standard InChI is InChI=1S/C16H22BrN3O3/c1-16(2,3)23-15(22)20-8-6-19(7-9-20)14(21)10-13-5-4-12(17)11-18-13/h4-5,11H,6-10H2,1-3H3. The van der Waals surface area contributed by atoms with E-state index >= 15 is 0 Å². The molecular formula is C16H22BrN3O3. The van der Waals surface area contributed by atoms with Crippen molar-refractivity contribution in [1.82, 2.24) is 14.8 Å². The van der Waals surface area contributed by atoms with Crippen LogP contribution in [0, 0.1) is 0 Å². The first kappa shape index (κ1) is 17.7. The number of piperazine rings is 1. The van der Waals surface area contributed by atoms with Crippen molar-refractivity contribution in [3.63, 3.8) is 0 Å². The number of hydrogen-bond donors (Lipinski definition) is 0. The van der Waals surface area contributed by atoms with Gasteiger partial charge in [-0.2, -0.15) is 0 Å². The van der Waals surface area contributed by atoms with E-state index in [0.717, 1.165) is 10.2 Å². The van der Waals surface area contributed by atoms with Gasteiger partial charge in [-0.25, -0.2) is 4.79 Å². The van der Waals surface area contributed by atoms with Gasteiger partial charge < -0.3 is 14.5 Å². The van der Waals surface area contributed by atoms with Gasteiger partial charge in [-0.3, -0.25) is 9.78 Å². The van der Waals surface area contributed by atoms with E-state index in [4.69, 9.17) is 4.74 Å². The summed E-state index contributed by atoms with van der Waals surface area (Å²) < 4.78 is 6.24. The van der Waals surface area contributed by atoms with Gasteiger partial charge in [0.25, 0.3) is 0 Å². The minimum Gasteiger partial charge on any atom is -0.444 e. The number of aromatic nitrogens is 1. The number of ether oxygens (including phenoxy) is 1. The van der Waals surface area contributed by atoms with Gasteiger partial charge in [0.1, 0.15) is 5.60 Å². The Morgan fingerprint density at radius 2 is 1.78 bits per heavy atom. The van der Waals surface area contributed by atoms with Crippen LogP contribution < -0.4 is 0 Å². The van der Waals surface area contributed by atoms with E-state index in [1.54, 1.807) is 16.0 Å². The summed E-state index contributed by atoms with van der Waals surface area (Å²) in [5, 5.41) is 0. The van der Waals surface area contributed by atoms with Crippen LogP contribution in [0.1, 0.15) is 26.5 Å². The number of amides is 2. The summed E-state index contributed by atoms with van der Waals surface area (Å²) in [6, 6.07) is 3.70. The highest BCUT2D eigenvalue weighted by Gasteiger charge is 2.27. The van der Waals surface area contributed by atoms with Crippen LogP contribution in [0.2, 0.25) is 0 Å². The number of carbonyl (C=O) groups excluding carboxylic acids is 2. The zero-order valence-corrected chi connectivity index (χ0v) is 15.3. The molecule has 23 heavy (non-hydrogen) atoms. The molecule has 2 rings (SSSR count). The van der Waals surface area contributed by atoms with Gasteiger partial charge in [-0.1, -0.05) is 0 Å². The second-order valence-electron chi connectivity index (χ2n) is 6.49. The normalized spacial score (nSPS) is 15.5. The lowest BCUT2D eigenvalue weighted by Crippen LogP contribution is -2.52. The monoisotopic (exact) mass is 383 g/mol. The van der Waals surface area contributed by atoms with Crippen molar-refractivity contribution in [2.75, 3.05) is 26.2 Å². The number of pyridine rings is 1. The Hall–Kier alpha value is -1.63. The fraction of sp³-hybridized carbons (Fsp3) is 0.562. The highest BCUT2D eigenvalue weighted by atomic mass is 79.9. The minimum absolute atomic E-state index is 0.0312. The maximum absolute atomic E-state index is 12.3. The summed E-state index contributed by atoms with van der Waals surface area (Å²) in [6.07, 6.45) is 1.64. The molecule has 6 nitrogen and oxygen atoms in total. The fourth-order valence-electron chi connectivity index (χ4n) is 2.24. The molecule has 0 radical (unpaired) electrons. The van der Waals surface area contributed by atoms with Gasteiger partial charge >= 0.3 is 6.09 Å². The third kappa shape index (κ3) is 5.49. The summed E-state index contributed by atoms with van der Waals surface area (Å²) in [7, 11) is 0. The Bertz CT molecular complexity index is 561. The fourth-order valence-corrected chi connectivity index (χ4v) is 2.48. The average Bonchev–Trinajstić information content (AvgIpc) is 2.48. The molecular weight excluding hydrogens is 362 g/mol. The molecule has 1 aromatic rings. The smallest absolute Gasteiger partial charge is 0.410 e. The predicted octanol–water partition coefficient (Wildman–Crippen LogP) is 2.47. The van der Waals surface area contributed by atoms with E-state index in [1.807, 2.05) is 32.9 Å². The van der Waals surface area contributed by atoms with Crippen LogP contribution in [-0.4, -0.2) is 58.6 Å². The highest BCUT2D eigenvalue weighted by Crippen LogP contribution is 2.13. The molecule has 0 N–H and O–H groups in total. The zero-order chi connectivity index (χ0) is 17.0. The molecule has 0 atom stereocenters. The molecule has 0 aromatic carbocycles. The van der Waals surface area contributed by atoms with Crippen LogP contribution in [0.25, 0.3) is 0 Å². The molecule has 1 aliphatic rings. The molecule has 1 aliphatic heterocycles. The lowest BCUT2D eigenvalue weighted by atomic mass is 10.2. The summed E-state index contributed by atoms with van der Waals surface area (Å²) in [5.74, 6) is 0.0312. The molecule has 1 aromatic heterocycles. The molecule has 0 bridgehead atoms. The molecule has 0 aliphatic carbocycles. The van der Waals surface area contributed by atoms with Crippen LogP contribution in [0.3, 0.4) is 0 Å². The maximum atomic E-state index is 12.3. The second kappa shape index (κ2) is 7.29. The topological polar surface area (TPSA) is 62.7 Å². The minimum atomic E-state index is -0.503. The lowest BCUT2D eigenvalue weighted by Gasteiger charge is -2.35. The lowest BCUT2D eigenvalue weighted by molar-refractivity contribution is -0.132. The first-order valence-corrected chi connectivity index (χ1v) is 8.40. The van der Waals surface area contributed by atoms with Crippen LogP contribution in [0.4, 0.5) is 4.79 Å². The molecule has 0 saturated carbocycles. The summed E-state index contributed by atoms with van der Waals surface area (Å²) >= 11 is 3.32. The van der Waals surface area contributed by atoms with Gasteiger partial charge in [0, 0.05) is 42.5 Å². The molecule has 7 heteroatoms. The Kier molecular flexibility index (Phi) is 5.62. The molecule has 2 amide bonds. The van der Waals surface area contributed by atoms with Crippen molar-refractivity contribution in [3.05, 3.63) is 28.5 Å². The Morgan fingerprint density at radius 1 is 1.17 bits per heavy atom. The van der Waals surface area contributed by atoms with Gasteiger partial charge in [0.2, 0.25) is 5.91 Å². The Labute approximate surface area is 144 Å². The highest BCUT2D eigenvalue weighted by molar-refractivity contribution is 9.10. The van der Waals surface area contributed by atoms with Crippen LogP contribution in [-0.2, 0) is 16.0 Å². The molecule has 126 valence electrons.